The summed E-state index contributed by atoms with van der Waals surface area (Å²) in [4.78, 5) is 38.1. The number of nitrogens with one attached hydrogen (secondary N) is 3. The molecule has 3 N–H and O–H groups in total. The Kier molecular flexibility index (Phi) is 5.43. The molecule has 4 rings (SSSR count). The summed E-state index contributed by atoms with van der Waals surface area (Å²) >= 11 is 0. The van der Waals surface area contributed by atoms with Crippen molar-refractivity contribution in [3.05, 3.63) is 90.5 Å². The third-order valence-electron chi connectivity index (χ3n) is 4.69. The molecule has 30 heavy (non-hydrogen) atoms. The molecule has 150 valence electrons. The van der Waals surface area contributed by atoms with Crippen LogP contribution in [0.1, 0.15) is 11.6 Å². The summed E-state index contributed by atoms with van der Waals surface area (Å²) in [5.74, 6) is -0.889. The van der Waals surface area contributed by atoms with E-state index in [-0.39, 0.29) is 6.54 Å². The summed E-state index contributed by atoms with van der Waals surface area (Å²) in [6.07, 6.45) is 0. The smallest absolute Gasteiger partial charge is 0.325 e. The van der Waals surface area contributed by atoms with Crippen LogP contribution < -0.4 is 16.0 Å². The molecule has 1 aliphatic rings. The van der Waals surface area contributed by atoms with Gasteiger partial charge in [0.2, 0.25) is 5.91 Å². The Balaban J connectivity index is 1.35. The lowest BCUT2D eigenvalue weighted by Crippen LogP contribution is -2.38. The average Bonchev–Trinajstić information content (AvgIpc) is 3.05. The van der Waals surface area contributed by atoms with E-state index in [2.05, 4.69) is 16.0 Å². The lowest BCUT2D eigenvalue weighted by atomic mass is 10.1. The van der Waals surface area contributed by atoms with Crippen molar-refractivity contribution in [2.75, 3.05) is 17.2 Å². The molecule has 0 spiro atoms. The topological polar surface area (TPSA) is 90.5 Å². The van der Waals surface area contributed by atoms with Gasteiger partial charge in [-0.05, 0) is 42.0 Å². The van der Waals surface area contributed by atoms with Crippen molar-refractivity contribution in [2.24, 2.45) is 0 Å². The summed E-state index contributed by atoms with van der Waals surface area (Å²) in [5.41, 5.74) is 3.09. The molecule has 0 aliphatic carbocycles. The number of urea groups is 1. The van der Waals surface area contributed by atoms with Gasteiger partial charge in [0.15, 0.2) is 0 Å². The van der Waals surface area contributed by atoms with Crippen LogP contribution in [0.2, 0.25) is 0 Å². The lowest BCUT2D eigenvalue weighted by Gasteiger charge is -2.13. The highest BCUT2D eigenvalue weighted by atomic mass is 16.2. The first-order valence-electron chi connectivity index (χ1n) is 9.49. The van der Waals surface area contributed by atoms with Crippen LogP contribution in [-0.2, 0) is 9.59 Å². The first-order valence-corrected chi connectivity index (χ1v) is 9.49. The zero-order valence-electron chi connectivity index (χ0n) is 16.0. The molecule has 0 aromatic heterocycles. The number of hydrogen-bond acceptors (Lipinski definition) is 4. The number of carbonyl (C=O) groups excluding carboxylic acids is 3. The molecule has 7 heteroatoms. The van der Waals surface area contributed by atoms with Gasteiger partial charge in [-0.1, -0.05) is 48.5 Å². The van der Waals surface area contributed by atoms with Crippen LogP contribution in [0.15, 0.2) is 84.9 Å². The number of carbonyl (C=O) groups is 3. The van der Waals surface area contributed by atoms with E-state index in [4.69, 9.17) is 0 Å². The fourth-order valence-electron chi connectivity index (χ4n) is 3.21. The quantitative estimate of drug-likeness (QED) is 0.551. The molecule has 1 aliphatic heterocycles. The molecule has 0 radical (unpaired) electrons. The van der Waals surface area contributed by atoms with Crippen molar-refractivity contribution >= 4 is 34.9 Å². The van der Waals surface area contributed by atoms with E-state index >= 15 is 0 Å². The molecule has 7 nitrogen and oxygen atoms in total. The molecule has 0 saturated carbocycles. The van der Waals surface area contributed by atoms with Gasteiger partial charge in [-0.15, -0.1) is 0 Å². The van der Waals surface area contributed by atoms with Crippen molar-refractivity contribution in [3.8, 4) is 0 Å². The van der Waals surface area contributed by atoms with Gasteiger partial charge < -0.3 is 16.0 Å². The number of para-hydroxylation sites is 1. The van der Waals surface area contributed by atoms with Crippen molar-refractivity contribution in [1.82, 2.24) is 10.2 Å². The Morgan fingerprint density at radius 1 is 0.800 bits per heavy atom. The summed E-state index contributed by atoms with van der Waals surface area (Å²) in [7, 11) is 0. The molecule has 1 atom stereocenters. The number of nitrogens with zero attached hydrogens (tertiary/aromatic N) is 1. The molecule has 3 aromatic rings. The maximum absolute atomic E-state index is 12.6. The van der Waals surface area contributed by atoms with Crippen LogP contribution in [0.25, 0.3) is 0 Å². The normalized spacial score (nSPS) is 15.6. The van der Waals surface area contributed by atoms with Gasteiger partial charge in [-0.3, -0.25) is 14.5 Å². The Bertz CT molecular complexity index is 1050. The van der Waals surface area contributed by atoms with Gasteiger partial charge in [0.25, 0.3) is 5.91 Å². The zero-order chi connectivity index (χ0) is 20.9. The van der Waals surface area contributed by atoms with E-state index < -0.39 is 23.9 Å². The minimum atomic E-state index is -0.769. The van der Waals surface area contributed by atoms with Gasteiger partial charge in [-0.2, -0.15) is 0 Å². The second kappa shape index (κ2) is 8.48. The van der Waals surface area contributed by atoms with Crippen LogP contribution >= 0.6 is 0 Å². The van der Waals surface area contributed by atoms with Crippen LogP contribution in [0, 0.1) is 0 Å². The minimum Gasteiger partial charge on any atom is -0.356 e. The monoisotopic (exact) mass is 400 g/mol. The Hall–Kier alpha value is -4.13. The fraction of sp³-hybridized carbons (Fsp3) is 0.0870. The number of amides is 4. The predicted molar refractivity (Wildman–Crippen MR) is 114 cm³/mol. The van der Waals surface area contributed by atoms with Crippen molar-refractivity contribution in [3.63, 3.8) is 0 Å². The summed E-state index contributed by atoms with van der Waals surface area (Å²) in [6.45, 7) is -0.349. The van der Waals surface area contributed by atoms with E-state index in [1.54, 1.807) is 36.4 Å². The molecule has 1 saturated heterocycles. The van der Waals surface area contributed by atoms with E-state index in [1.165, 1.54) is 0 Å². The Morgan fingerprint density at radius 2 is 1.37 bits per heavy atom. The van der Waals surface area contributed by atoms with Gasteiger partial charge >= 0.3 is 6.03 Å². The van der Waals surface area contributed by atoms with Gasteiger partial charge in [0.1, 0.15) is 12.6 Å². The van der Waals surface area contributed by atoms with Gasteiger partial charge in [0.05, 0.1) is 0 Å². The standard InChI is InChI=1S/C23H20N4O3/c28-20(15-27-22(29)21(26-23(27)30)16-7-3-1-4-8-16)25-19-13-11-18(12-14-19)24-17-9-5-2-6-10-17/h1-14,21,24H,15H2,(H,25,28)(H,26,30). The largest absolute Gasteiger partial charge is 0.356 e. The molecule has 3 aromatic carbocycles. The first-order chi connectivity index (χ1) is 14.6. The lowest BCUT2D eigenvalue weighted by molar-refractivity contribution is -0.130. The fourth-order valence-corrected chi connectivity index (χ4v) is 3.21. The Morgan fingerprint density at radius 3 is 2.03 bits per heavy atom. The molecular formula is C23H20N4O3. The van der Waals surface area contributed by atoms with E-state index in [0.29, 0.717) is 11.3 Å². The van der Waals surface area contributed by atoms with E-state index in [9.17, 15) is 14.4 Å². The highest BCUT2D eigenvalue weighted by molar-refractivity contribution is 6.08. The second-order valence-electron chi connectivity index (χ2n) is 6.83. The van der Waals surface area contributed by atoms with Gasteiger partial charge in [-0.25, -0.2) is 4.79 Å². The number of imide groups is 1. The third kappa shape index (κ3) is 4.30. The van der Waals surface area contributed by atoms with Crippen molar-refractivity contribution in [2.45, 2.75) is 6.04 Å². The van der Waals surface area contributed by atoms with Crippen LogP contribution in [0.3, 0.4) is 0 Å². The second-order valence-corrected chi connectivity index (χ2v) is 6.83. The summed E-state index contributed by atoms with van der Waals surface area (Å²) in [5, 5.41) is 8.59. The van der Waals surface area contributed by atoms with Crippen LogP contribution in [0.5, 0.6) is 0 Å². The first kappa shape index (κ1) is 19.2. The number of benzene rings is 3. The molecule has 1 heterocycles. The van der Waals surface area contributed by atoms with Crippen molar-refractivity contribution < 1.29 is 14.4 Å². The third-order valence-corrected chi connectivity index (χ3v) is 4.69. The maximum atomic E-state index is 12.6. The van der Waals surface area contributed by atoms with E-state index in [1.807, 2.05) is 48.5 Å². The maximum Gasteiger partial charge on any atom is 0.325 e. The molecule has 1 fully saturated rings. The molecular weight excluding hydrogens is 380 g/mol. The zero-order valence-corrected chi connectivity index (χ0v) is 16.0. The highest BCUT2D eigenvalue weighted by Crippen LogP contribution is 2.22. The van der Waals surface area contributed by atoms with E-state index in [0.717, 1.165) is 16.3 Å². The van der Waals surface area contributed by atoms with Crippen LogP contribution in [0.4, 0.5) is 21.9 Å². The number of hydrogen-bond donors (Lipinski definition) is 3. The van der Waals surface area contributed by atoms with Crippen molar-refractivity contribution in [1.29, 1.82) is 0 Å². The molecule has 4 amide bonds. The number of anilines is 3. The predicted octanol–water partition coefficient (Wildman–Crippen LogP) is 3.66. The SMILES string of the molecule is O=C(CN1C(=O)NC(c2ccccc2)C1=O)Nc1ccc(Nc2ccccc2)cc1. The Labute approximate surface area is 173 Å². The summed E-state index contributed by atoms with van der Waals surface area (Å²) in [6, 6.07) is 24.5. The highest BCUT2D eigenvalue weighted by Gasteiger charge is 2.39. The average molecular weight is 400 g/mol. The molecule has 1 unspecified atom stereocenters. The minimum absolute atomic E-state index is 0.349. The summed E-state index contributed by atoms with van der Waals surface area (Å²) < 4.78 is 0. The molecule has 0 bridgehead atoms. The van der Waals surface area contributed by atoms with Gasteiger partial charge in [0, 0.05) is 17.1 Å². The van der Waals surface area contributed by atoms with Crippen LogP contribution in [-0.4, -0.2) is 29.3 Å². The number of rotatable bonds is 6.